The minimum Gasteiger partial charge on any atom is -0.241 e. The summed E-state index contributed by atoms with van der Waals surface area (Å²) in [5, 5.41) is 1.80. The van der Waals surface area contributed by atoms with Crippen molar-refractivity contribution in [3.8, 4) is 11.1 Å². The van der Waals surface area contributed by atoms with Crippen molar-refractivity contribution in [1.82, 2.24) is 4.98 Å². The van der Waals surface area contributed by atoms with Gasteiger partial charge in [0.2, 0.25) is 0 Å². The highest BCUT2D eigenvalue weighted by Gasteiger charge is 2.13. The first-order valence-corrected chi connectivity index (χ1v) is 6.83. The minimum absolute atomic E-state index is 0.737. The lowest BCUT2D eigenvalue weighted by atomic mass is 9.99. The zero-order chi connectivity index (χ0) is 12.7. The Kier molecular flexibility index (Phi) is 2.84. The van der Waals surface area contributed by atoms with Gasteiger partial charge in [-0.2, -0.15) is 0 Å². The zero-order valence-electron chi connectivity index (χ0n) is 9.90. The van der Waals surface area contributed by atoms with E-state index in [1.165, 1.54) is 4.70 Å². The van der Waals surface area contributed by atoms with Crippen LogP contribution in [0.1, 0.15) is 10.6 Å². The fourth-order valence-corrected chi connectivity index (χ4v) is 3.18. The number of halogens is 1. The molecule has 89 valence electrons. The van der Waals surface area contributed by atoms with Crippen LogP contribution in [0.25, 0.3) is 21.3 Å². The van der Waals surface area contributed by atoms with Gasteiger partial charge in [-0.25, -0.2) is 4.98 Å². The highest BCUT2D eigenvalue weighted by Crippen LogP contribution is 2.37. The summed E-state index contributed by atoms with van der Waals surface area (Å²) in [6.45, 7) is 6.12. The van der Waals surface area contributed by atoms with Crippen LogP contribution >= 0.6 is 22.9 Å². The molecule has 18 heavy (non-hydrogen) atoms. The van der Waals surface area contributed by atoms with Crippen molar-refractivity contribution in [1.29, 1.82) is 0 Å². The lowest BCUT2D eigenvalue weighted by Gasteiger charge is -2.08. The van der Waals surface area contributed by atoms with Gasteiger partial charge in [0.15, 0.2) is 0 Å². The van der Waals surface area contributed by atoms with Crippen LogP contribution in [0.2, 0.25) is 5.02 Å². The van der Waals surface area contributed by atoms with Crippen LogP contribution in [-0.2, 0) is 0 Å². The molecule has 0 bridgehead atoms. The number of nitrogens with zero attached hydrogens (tertiary/aromatic N) is 1. The Hall–Kier alpha value is -1.38. The topological polar surface area (TPSA) is 12.9 Å². The SMILES string of the molecule is [CH2]c1ccc2sc(C)nc2c1-c1ccccc1Cl. The van der Waals surface area contributed by atoms with Gasteiger partial charge in [-0.3, -0.25) is 0 Å². The van der Waals surface area contributed by atoms with Crippen LogP contribution in [0.3, 0.4) is 0 Å². The van der Waals surface area contributed by atoms with E-state index >= 15 is 0 Å². The summed E-state index contributed by atoms with van der Waals surface area (Å²) < 4.78 is 1.18. The van der Waals surface area contributed by atoms with Crippen molar-refractivity contribution in [2.45, 2.75) is 6.92 Å². The molecule has 3 heteroatoms. The van der Waals surface area contributed by atoms with Crippen LogP contribution < -0.4 is 0 Å². The van der Waals surface area contributed by atoms with E-state index in [0.717, 1.165) is 32.2 Å². The van der Waals surface area contributed by atoms with Gasteiger partial charge in [-0.1, -0.05) is 35.9 Å². The summed E-state index contributed by atoms with van der Waals surface area (Å²) in [6, 6.07) is 11.9. The second-order valence-corrected chi connectivity index (χ2v) is 5.80. The van der Waals surface area contributed by atoms with Crippen LogP contribution in [0.4, 0.5) is 0 Å². The third-order valence-corrected chi connectivity index (χ3v) is 4.16. The molecule has 0 amide bonds. The van der Waals surface area contributed by atoms with E-state index in [9.17, 15) is 0 Å². The van der Waals surface area contributed by atoms with Crippen LogP contribution in [-0.4, -0.2) is 4.98 Å². The third kappa shape index (κ3) is 1.82. The van der Waals surface area contributed by atoms with Gasteiger partial charge < -0.3 is 0 Å². The Balaban J connectivity index is 2.41. The second-order valence-electron chi connectivity index (χ2n) is 4.16. The van der Waals surface area contributed by atoms with E-state index in [0.29, 0.717) is 0 Å². The predicted octanol–water partition coefficient (Wildman–Crippen LogP) is 5.11. The van der Waals surface area contributed by atoms with Gasteiger partial charge in [0.05, 0.1) is 15.2 Å². The molecule has 0 fully saturated rings. The van der Waals surface area contributed by atoms with Crippen molar-refractivity contribution < 1.29 is 0 Å². The lowest BCUT2D eigenvalue weighted by Crippen LogP contribution is -1.86. The van der Waals surface area contributed by atoms with Crippen LogP contribution in [0.15, 0.2) is 36.4 Å². The molecule has 0 unspecified atom stereocenters. The van der Waals surface area contributed by atoms with E-state index in [-0.39, 0.29) is 0 Å². The second kappa shape index (κ2) is 4.38. The molecule has 0 aliphatic rings. The molecule has 3 aromatic rings. The highest BCUT2D eigenvalue weighted by molar-refractivity contribution is 7.18. The monoisotopic (exact) mass is 272 g/mol. The molecule has 1 nitrogen and oxygen atoms in total. The van der Waals surface area contributed by atoms with Crippen LogP contribution in [0, 0.1) is 13.8 Å². The van der Waals surface area contributed by atoms with Gasteiger partial charge in [0.25, 0.3) is 0 Å². The maximum Gasteiger partial charge on any atom is 0.0908 e. The van der Waals surface area contributed by atoms with Gasteiger partial charge in [0.1, 0.15) is 0 Å². The van der Waals surface area contributed by atoms with E-state index in [1.807, 2.05) is 37.3 Å². The fourth-order valence-electron chi connectivity index (χ4n) is 2.11. The molecule has 2 aromatic carbocycles. The molecule has 0 spiro atoms. The molecule has 0 aliphatic carbocycles. The summed E-state index contributed by atoms with van der Waals surface area (Å²) in [5.74, 6) is 0. The molecular formula is C15H11ClNS. The van der Waals surface area contributed by atoms with Crippen molar-refractivity contribution in [3.05, 3.63) is 58.9 Å². The number of aromatic nitrogens is 1. The smallest absolute Gasteiger partial charge is 0.0908 e. The number of aryl methyl sites for hydroxylation is 1. The molecule has 0 saturated heterocycles. The molecule has 1 radical (unpaired) electrons. The number of thiazole rings is 1. The Morgan fingerprint density at radius 2 is 1.94 bits per heavy atom. The molecule has 0 atom stereocenters. The van der Waals surface area contributed by atoms with Gasteiger partial charge in [0, 0.05) is 16.1 Å². The summed E-state index contributed by atoms with van der Waals surface area (Å²) in [6.07, 6.45) is 0. The summed E-state index contributed by atoms with van der Waals surface area (Å²) in [7, 11) is 0. The first-order chi connectivity index (χ1) is 8.66. The predicted molar refractivity (Wildman–Crippen MR) is 79.3 cm³/mol. The standard InChI is InChI=1S/C15H11ClNS/c1-9-7-8-13-15(17-10(2)18-13)14(9)11-5-3-4-6-12(11)16/h3-8H,1H2,2H3. The quantitative estimate of drug-likeness (QED) is 0.600. The summed E-state index contributed by atoms with van der Waals surface area (Å²) >= 11 is 7.98. The van der Waals surface area contributed by atoms with Crippen molar-refractivity contribution >= 4 is 33.2 Å². The fraction of sp³-hybridized carbons (Fsp3) is 0.0667. The van der Waals surface area contributed by atoms with Gasteiger partial charge >= 0.3 is 0 Å². The van der Waals surface area contributed by atoms with Gasteiger partial charge in [-0.05, 0) is 31.5 Å². The molecule has 1 aromatic heterocycles. The largest absolute Gasteiger partial charge is 0.241 e. The summed E-state index contributed by atoms with van der Waals surface area (Å²) in [5.41, 5.74) is 4.00. The number of benzene rings is 2. The van der Waals surface area contributed by atoms with E-state index in [4.69, 9.17) is 11.6 Å². The Morgan fingerprint density at radius 1 is 1.17 bits per heavy atom. The number of rotatable bonds is 1. The molecule has 1 heterocycles. The van der Waals surface area contributed by atoms with Crippen molar-refractivity contribution in [2.75, 3.05) is 0 Å². The molecular weight excluding hydrogens is 262 g/mol. The van der Waals surface area contributed by atoms with Crippen molar-refractivity contribution in [2.24, 2.45) is 0 Å². The molecule has 0 saturated carbocycles. The maximum atomic E-state index is 6.29. The number of hydrogen-bond acceptors (Lipinski definition) is 2. The van der Waals surface area contributed by atoms with Crippen LogP contribution in [0.5, 0.6) is 0 Å². The Bertz CT molecular complexity index is 730. The minimum atomic E-state index is 0.737. The van der Waals surface area contributed by atoms with E-state index < -0.39 is 0 Å². The molecule has 0 aliphatic heterocycles. The number of fused-ring (bicyclic) bond motifs is 1. The first kappa shape index (κ1) is 11.7. The first-order valence-electron chi connectivity index (χ1n) is 5.64. The zero-order valence-corrected chi connectivity index (χ0v) is 11.5. The number of hydrogen-bond donors (Lipinski definition) is 0. The highest BCUT2D eigenvalue weighted by atomic mass is 35.5. The summed E-state index contributed by atoms with van der Waals surface area (Å²) in [4.78, 5) is 4.61. The molecule has 0 N–H and O–H groups in total. The average Bonchev–Trinajstić information content (AvgIpc) is 2.71. The maximum absolute atomic E-state index is 6.29. The third-order valence-electron chi connectivity index (χ3n) is 2.90. The molecule has 3 rings (SSSR count). The Morgan fingerprint density at radius 3 is 2.72 bits per heavy atom. The average molecular weight is 273 g/mol. The van der Waals surface area contributed by atoms with E-state index in [1.54, 1.807) is 11.3 Å². The Labute approximate surface area is 115 Å². The lowest BCUT2D eigenvalue weighted by molar-refractivity contribution is 1.34. The van der Waals surface area contributed by atoms with E-state index in [2.05, 4.69) is 18.0 Å². The van der Waals surface area contributed by atoms with Gasteiger partial charge in [-0.15, -0.1) is 11.3 Å². The van der Waals surface area contributed by atoms with Crippen molar-refractivity contribution in [3.63, 3.8) is 0 Å². The normalized spacial score (nSPS) is 11.1.